The predicted molar refractivity (Wildman–Crippen MR) is 156 cm³/mol. The van der Waals surface area contributed by atoms with Gasteiger partial charge in [-0.15, -0.1) is 0 Å². The van der Waals surface area contributed by atoms with E-state index in [-0.39, 0.29) is 19.1 Å². The highest BCUT2D eigenvalue weighted by atomic mass is 16.6. The molecule has 0 aromatic heterocycles. The minimum atomic E-state index is -0.730. The molecule has 3 atom stereocenters. The lowest BCUT2D eigenvalue weighted by Crippen LogP contribution is -2.62. The van der Waals surface area contributed by atoms with Crippen LogP contribution in [0.4, 0.5) is 4.79 Å². The number of β-lactam (4-membered cyclic amide) rings is 1. The number of allylic oxidation sites excluding steroid dienone is 3. The Balaban J connectivity index is 1.53. The maximum Gasteiger partial charge on any atom is 0.411 e. The first-order chi connectivity index (χ1) is 19.5. The van der Waals surface area contributed by atoms with E-state index in [0.29, 0.717) is 12.8 Å². The number of amides is 2. The Kier molecular flexibility index (Phi) is 9.32. The van der Waals surface area contributed by atoms with Crippen molar-refractivity contribution in [3.05, 3.63) is 102 Å². The summed E-state index contributed by atoms with van der Waals surface area (Å²) in [6, 6.07) is 15.7. The van der Waals surface area contributed by atoms with Crippen molar-refractivity contribution in [2.45, 2.75) is 64.4 Å². The van der Waals surface area contributed by atoms with Gasteiger partial charge in [-0.3, -0.25) is 9.69 Å². The molecule has 2 aromatic rings. The first kappa shape index (κ1) is 29.6. The number of rotatable bonds is 9. The molecule has 216 valence electrons. The fourth-order valence-corrected chi connectivity index (χ4v) is 4.75. The van der Waals surface area contributed by atoms with Crippen LogP contribution in [0.3, 0.4) is 0 Å². The first-order valence-electron chi connectivity index (χ1n) is 13.7. The fourth-order valence-electron chi connectivity index (χ4n) is 4.75. The number of hydrogen-bond acceptors (Lipinski definition) is 6. The van der Waals surface area contributed by atoms with Crippen molar-refractivity contribution in [2.75, 3.05) is 7.11 Å². The average Bonchev–Trinajstić information content (AvgIpc) is 3.12. The summed E-state index contributed by atoms with van der Waals surface area (Å²) in [6.07, 6.45) is 6.24. The quantitative estimate of drug-likeness (QED) is 0.249. The van der Waals surface area contributed by atoms with Gasteiger partial charge >= 0.3 is 12.1 Å². The summed E-state index contributed by atoms with van der Waals surface area (Å²) in [5.41, 5.74) is 2.72. The lowest BCUT2D eigenvalue weighted by atomic mass is 9.84. The Labute approximate surface area is 241 Å². The van der Waals surface area contributed by atoms with E-state index in [9.17, 15) is 14.4 Å². The van der Waals surface area contributed by atoms with E-state index < -0.39 is 35.7 Å². The van der Waals surface area contributed by atoms with Crippen molar-refractivity contribution in [3.8, 4) is 5.75 Å². The molecular weight excluding hydrogens is 520 g/mol. The van der Waals surface area contributed by atoms with Gasteiger partial charge in [0, 0.05) is 6.54 Å². The van der Waals surface area contributed by atoms with E-state index in [0.717, 1.165) is 28.0 Å². The minimum absolute atomic E-state index is 0.138. The third kappa shape index (κ3) is 7.87. The summed E-state index contributed by atoms with van der Waals surface area (Å²) in [4.78, 5) is 40.5. The first-order valence-corrected chi connectivity index (χ1v) is 13.7. The SMILES string of the molecule is C=C1CC=CC(C[C@H]2C(=O)N[C@@H]2C(=O)OCc2ccccc2)=CC1N(Cc1ccc(OC)cc1)C(=O)OC(C)(C)C. The standard InChI is InChI=1S/C33H38N2O6/c1-22-10-9-13-25(18-27-29(34-30(27)36)31(37)40-21-24-11-7-6-8-12-24)19-28(22)35(32(38)41-33(2,3)4)20-23-14-16-26(39-5)17-15-23/h6-9,11-17,19,27-29H,1,10,18,20-21H2,2-5H3,(H,34,36)/t27-,28?,29+/m1/s1. The van der Waals surface area contributed by atoms with Crippen molar-refractivity contribution in [3.63, 3.8) is 0 Å². The van der Waals surface area contributed by atoms with Crippen LogP contribution in [0.1, 0.15) is 44.7 Å². The van der Waals surface area contributed by atoms with Gasteiger partial charge in [-0.1, -0.05) is 67.3 Å². The lowest BCUT2D eigenvalue weighted by Gasteiger charge is -2.36. The molecule has 2 amide bonds. The molecule has 2 aromatic carbocycles. The van der Waals surface area contributed by atoms with Crippen molar-refractivity contribution >= 4 is 18.0 Å². The average molecular weight is 559 g/mol. The van der Waals surface area contributed by atoms with Gasteiger partial charge < -0.3 is 19.5 Å². The van der Waals surface area contributed by atoms with Gasteiger partial charge in [-0.05, 0) is 68.0 Å². The Morgan fingerprint density at radius 2 is 1.76 bits per heavy atom. The van der Waals surface area contributed by atoms with E-state index in [1.54, 1.807) is 12.0 Å². The number of hydrogen-bond donors (Lipinski definition) is 1. The van der Waals surface area contributed by atoms with Crippen LogP contribution in [0.5, 0.6) is 5.75 Å². The zero-order valence-electron chi connectivity index (χ0n) is 24.1. The topological polar surface area (TPSA) is 94.2 Å². The molecule has 8 heteroatoms. The molecule has 1 fully saturated rings. The number of ether oxygens (including phenoxy) is 3. The van der Waals surface area contributed by atoms with E-state index in [1.807, 2.05) is 93.6 Å². The van der Waals surface area contributed by atoms with Gasteiger partial charge in [-0.25, -0.2) is 9.59 Å². The molecular formula is C33H38N2O6. The summed E-state index contributed by atoms with van der Waals surface area (Å²) in [6.45, 7) is 10.2. The molecule has 0 radical (unpaired) electrons. The highest BCUT2D eigenvalue weighted by Gasteiger charge is 2.45. The molecule has 1 N–H and O–H groups in total. The Hall–Kier alpha value is -4.33. The Bertz CT molecular complexity index is 1320. The maximum absolute atomic E-state index is 13.5. The van der Waals surface area contributed by atoms with Crippen LogP contribution < -0.4 is 10.1 Å². The number of nitrogens with one attached hydrogen (secondary N) is 1. The molecule has 1 saturated heterocycles. The lowest BCUT2D eigenvalue weighted by molar-refractivity contribution is -0.158. The van der Waals surface area contributed by atoms with Crippen LogP contribution in [0.2, 0.25) is 0 Å². The van der Waals surface area contributed by atoms with Gasteiger partial charge in [-0.2, -0.15) is 0 Å². The van der Waals surface area contributed by atoms with Gasteiger partial charge in [0.1, 0.15) is 24.0 Å². The smallest absolute Gasteiger partial charge is 0.411 e. The van der Waals surface area contributed by atoms with E-state index >= 15 is 0 Å². The van der Waals surface area contributed by atoms with Crippen LogP contribution in [0.25, 0.3) is 0 Å². The second-order valence-electron chi connectivity index (χ2n) is 11.3. The third-order valence-electron chi connectivity index (χ3n) is 6.95. The molecule has 8 nitrogen and oxygen atoms in total. The highest BCUT2D eigenvalue weighted by Crippen LogP contribution is 2.30. The highest BCUT2D eigenvalue weighted by molar-refractivity contribution is 5.97. The molecule has 1 aliphatic carbocycles. The monoisotopic (exact) mass is 558 g/mol. The van der Waals surface area contributed by atoms with Crippen molar-refractivity contribution in [1.29, 1.82) is 0 Å². The zero-order chi connectivity index (χ0) is 29.6. The molecule has 41 heavy (non-hydrogen) atoms. The second-order valence-corrected chi connectivity index (χ2v) is 11.3. The molecule has 1 unspecified atom stereocenters. The molecule has 1 heterocycles. The largest absolute Gasteiger partial charge is 0.497 e. The molecule has 2 aliphatic rings. The Morgan fingerprint density at radius 3 is 2.39 bits per heavy atom. The van der Waals surface area contributed by atoms with Crippen molar-refractivity contribution in [1.82, 2.24) is 10.2 Å². The van der Waals surface area contributed by atoms with E-state index in [2.05, 4.69) is 11.9 Å². The molecule has 0 saturated carbocycles. The van der Waals surface area contributed by atoms with Crippen molar-refractivity contribution in [2.24, 2.45) is 5.92 Å². The fraction of sp³-hybridized carbons (Fsp3) is 0.364. The number of carbonyl (C=O) groups is 3. The van der Waals surface area contributed by atoms with Gasteiger partial charge in [0.15, 0.2) is 0 Å². The zero-order valence-corrected chi connectivity index (χ0v) is 24.1. The van der Waals surface area contributed by atoms with Crippen LogP contribution in [-0.4, -0.2) is 47.7 Å². The minimum Gasteiger partial charge on any atom is -0.497 e. The van der Waals surface area contributed by atoms with Crippen molar-refractivity contribution < 1.29 is 28.6 Å². The summed E-state index contributed by atoms with van der Waals surface area (Å²) in [5.74, 6) is -0.522. The van der Waals surface area contributed by atoms with Crippen LogP contribution in [0, 0.1) is 5.92 Å². The maximum atomic E-state index is 13.5. The second kappa shape index (κ2) is 12.9. The number of methoxy groups -OCH3 is 1. The normalized spacial score (nSPS) is 20.2. The third-order valence-corrected chi connectivity index (χ3v) is 6.95. The van der Waals surface area contributed by atoms with Gasteiger partial charge in [0.05, 0.1) is 19.1 Å². The van der Waals surface area contributed by atoms with Crippen LogP contribution >= 0.6 is 0 Å². The molecule has 0 bridgehead atoms. The summed E-state index contributed by atoms with van der Waals surface area (Å²) < 4.78 is 16.5. The molecule has 4 rings (SSSR count). The van der Waals surface area contributed by atoms with E-state index in [4.69, 9.17) is 14.2 Å². The molecule has 1 aliphatic heterocycles. The summed E-state index contributed by atoms with van der Waals surface area (Å²) in [7, 11) is 1.60. The summed E-state index contributed by atoms with van der Waals surface area (Å²) in [5, 5.41) is 2.69. The number of benzene rings is 2. The van der Waals surface area contributed by atoms with Gasteiger partial charge in [0.25, 0.3) is 0 Å². The van der Waals surface area contributed by atoms with E-state index in [1.165, 1.54) is 0 Å². The van der Waals surface area contributed by atoms with Crippen LogP contribution in [-0.2, 0) is 32.2 Å². The number of carbonyl (C=O) groups excluding carboxylic acids is 3. The number of nitrogens with zero attached hydrogens (tertiary/aromatic N) is 1. The van der Waals surface area contributed by atoms with Crippen LogP contribution in [0.15, 0.2) is 90.6 Å². The summed E-state index contributed by atoms with van der Waals surface area (Å²) >= 11 is 0. The van der Waals surface area contributed by atoms with Gasteiger partial charge in [0.2, 0.25) is 5.91 Å². The molecule has 0 spiro atoms. The predicted octanol–water partition coefficient (Wildman–Crippen LogP) is 5.49. The Morgan fingerprint density at radius 1 is 1.05 bits per heavy atom. The number of esters is 1.